The monoisotopic (exact) mass is 224 g/mol. The average molecular weight is 224 g/mol. The van der Waals surface area contributed by atoms with Gasteiger partial charge >= 0.3 is 6.09 Å². The number of carbonyl (C=O) groups is 2. The van der Waals surface area contributed by atoms with Crippen LogP contribution in [0.25, 0.3) is 0 Å². The number of rotatable bonds is 3. The Hall–Kier alpha value is -2.44. The van der Waals surface area contributed by atoms with Crippen LogP contribution in [0.15, 0.2) is 18.2 Å². The molecule has 16 heavy (non-hydrogen) atoms. The number of nitro groups is 1. The minimum Gasteiger partial charge on any atom is -0.465 e. The van der Waals surface area contributed by atoms with Gasteiger partial charge in [0.05, 0.1) is 16.2 Å². The summed E-state index contributed by atoms with van der Waals surface area (Å²) < 4.78 is 0. The Bertz CT molecular complexity index is 469. The molecule has 1 amide bonds. The van der Waals surface area contributed by atoms with Crippen LogP contribution in [-0.4, -0.2) is 21.9 Å². The first-order valence-electron chi connectivity index (χ1n) is 4.21. The zero-order valence-corrected chi connectivity index (χ0v) is 8.26. The second kappa shape index (κ2) is 4.39. The van der Waals surface area contributed by atoms with Crippen LogP contribution in [0.5, 0.6) is 0 Å². The van der Waals surface area contributed by atoms with Crippen LogP contribution in [0.2, 0.25) is 0 Å². The van der Waals surface area contributed by atoms with E-state index < -0.39 is 22.5 Å². The van der Waals surface area contributed by atoms with Gasteiger partial charge in [0.1, 0.15) is 0 Å². The lowest BCUT2D eigenvalue weighted by atomic mass is 10.1. The summed E-state index contributed by atoms with van der Waals surface area (Å²) in [5, 5.41) is 21.0. The molecule has 0 bridgehead atoms. The Morgan fingerprint density at radius 1 is 1.44 bits per heavy atom. The maximum absolute atomic E-state index is 11.1. The smallest absolute Gasteiger partial charge is 0.409 e. The van der Waals surface area contributed by atoms with Crippen molar-refractivity contribution in [3.63, 3.8) is 0 Å². The van der Waals surface area contributed by atoms with Crippen molar-refractivity contribution in [3.05, 3.63) is 33.9 Å². The molecule has 0 aliphatic heterocycles. The van der Waals surface area contributed by atoms with E-state index in [1.807, 2.05) is 5.32 Å². The van der Waals surface area contributed by atoms with Gasteiger partial charge in [-0.15, -0.1) is 0 Å². The molecule has 0 radical (unpaired) electrons. The highest BCUT2D eigenvalue weighted by atomic mass is 16.6. The number of anilines is 1. The number of nitro benzene ring substituents is 1. The van der Waals surface area contributed by atoms with Crippen molar-refractivity contribution < 1.29 is 19.6 Å². The van der Waals surface area contributed by atoms with Gasteiger partial charge in [0.15, 0.2) is 5.78 Å². The van der Waals surface area contributed by atoms with Crippen molar-refractivity contribution in [2.24, 2.45) is 0 Å². The SMILES string of the molecule is CC(=O)c1ccc(NC(=O)O)cc1[N+](=O)[O-]. The molecule has 84 valence electrons. The molecule has 1 aromatic carbocycles. The molecule has 0 heterocycles. The van der Waals surface area contributed by atoms with Gasteiger partial charge in [-0.25, -0.2) is 4.79 Å². The van der Waals surface area contributed by atoms with Crippen LogP contribution in [0.3, 0.4) is 0 Å². The number of hydrogen-bond acceptors (Lipinski definition) is 4. The fraction of sp³-hybridized carbons (Fsp3) is 0.111. The minimum atomic E-state index is -1.33. The Kier molecular flexibility index (Phi) is 3.19. The molecule has 0 aliphatic rings. The lowest BCUT2D eigenvalue weighted by Crippen LogP contribution is -2.08. The van der Waals surface area contributed by atoms with Crippen molar-refractivity contribution >= 4 is 23.3 Å². The molecule has 7 nitrogen and oxygen atoms in total. The van der Waals surface area contributed by atoms with Gasteiger partial charge in [-0.3, -0.25) is 20.2 Å². The first kappa shape index (κ1) is 11.6. The summed E-state index contributed by atoms with van der Waals surface area (Å²) >= 11 is 0. The molecule has 1 rings (SSSR count). The normalized spacial score (nSPS) is 9.56. The highest BCUT2D eigenvalue weighted by molar-refractivity contribution is 5.99. The number of amides is 1. The number of carboxylic acid groups (broad SMARTS) is 1. The minimum absolute atomic E-state index is 0.0456. The predicted molar refractivity (Wildman–Crippen MR) is 54.7 cm³/mol. The number of carbonyl (C=O) groups excluding carboxylic acids is 1. The van der Waals surface area contributed by atoms with E-state index in [1.165, 1.54) is 19.1 Å². The van der Waals surface area contributed by atoms with E-state index in [-0.39, 0.29) is 11.3 Å². The Morgan fingerprint density at radius 2 is 2.06 bits per heavy atom. The summed E-state index contributed by atoms with van der Waals surface area (Å²) in [6.07, 6.45) is -1.33. The molecular formula is C9H8N2O5. The summed E-state index contributed by atoms with van der Waals surface area (Å²) in [6, 6.07) is 3.51. The van der Waals surface area contributed by atoms with E-state index >= 15 is 0 Å². The molecule has 0 spiro atoms. The van der Waals surface area contributed by atoms with E-state index in [1.54, 1.807) is 0 Å². The van der Waals surface area contributed by atoms with E-state index in [9.17, 15) is 19.7 Å². The van der Waals surface area contributed by atoms with Crippen molar-refractivity contribution in [2.45, 2.75) is 6.92 Å². The second-order valence-corrected chi connectivity index (χ2v) is 2.98. The van der Waals surface area contributed by atoms with Crippen LogP contribution in [-0.2, 0) is 0 Å². The van der Waals surface area contributed by atoms with Crippen molar-refractivity contribution in [2.75, 3.05) is 5.32 Å². The van der Waals surface area contributed by atoms with E-state index in [0.717, 1.165) is 6.07 Å². The van der Waals surface area contributed by atoms with E-state index in [0.29, 0.717) is 0 Å². The van der Waals surface area contributed by atoms with E-state index in [4.69, 9.17) is 5.11 Å². The molecule has 0 unspecified atom stereocenters. The standard InChI is InChI=1S/C9H8N2O5/c1-5(12)7-3-2-6(10-9(13)14)4-8(7)11(15)16/h2-4,10H,1H3,(H,13,14). The van der Waals surface area contributed by atoms with Gasteiger partial charge in [0.25, 0.3) is 5.69 Å². The lowest BCUT2D eigenvalue weighted by molar-refractivity contribution is -0.385. The Morgan fingerprint density at radius 3 is 2.50 bits per heavy atom. The lowest BCUT2D eigenvalue weighted by Gasteiger charge is -2.03. The van der Waals surface area contributed by atoms with Gasteiger partial charge in [0.2, 0.25) is 0 Å². The van der Waals surface area contributed by atoms with Gasteiger partial charge < -0.3 is 5.11 Å². The predicted octanol–water partition coefficient (Wildman–Crippen LogP) is 1.89. The molecule has 0 aromatic heterocycles. The molecule has 0 fully saturated rings. The van der Waals surface area contributed by atoms with Crippen molar-refractivity contribution in [1.82, 2.24) is 0 Å². The van der Waals surface area contributed by atoms with Crippen LogP contribution < -0.4 is 5.32 Å². The molecule has 0 atom stereocenters. The zero-order valence-electron chi connectivity index (χ0n) is 8.26. The topological polar surface area (TPSA) is 110 Å². The zero-order chi connectivity index (χ0) is 12.3. The molecular weight excluding hydrogens is 216 g/mol. The fourth-order valence-electron chi connectivity index (χ4n) is 1.18. The van der Waals surface area contributed by atoms with Crippen LogP contribution in [0.4, 0.5) is 16.2 Å². The fourth-order valence-corrected chi connectivity index (χ4v) is 1.18. The summed E-state index contributed by atoms with van der Waals surface area (Å²) in [5.74, 6) is -0.450. The molecule has 0 saturated carbocycles. The average Bonchev–Trinajstić information content (AvgIpc) is 2.16. The molecule has 0 saturated heterocycles. The first-order chi connectivity index (χ1) is 7.41. The van der Waals surface area contributed by atoms with Crippen molar-refractivity contribution in [1.29, 1.82) is 0 Å². The number of ketones is 1. The summed E-state index contributed by atoms with van der Waals surface area (Å²) in [5.41, 5.74) is -0.427. The Balaban J connectivity index is 3.22. The molecule has 1 aromatic rings. The van der Waals surface area contributed by atoms with Gasteiger partial charge in [-0.05, 0) is 19.1 Å². The summed E-state index contributed by atoms with van der Waals surface area (Å²) in [7, 11) is 0. The number of nitrogens with one attached hydrogen (secondary N) is 1. The van der Waals surface area contributed by atoms with Crippen LogP contribution in [0.1, 0.15) is 17.3 Å². The second-order valence-electron chi connectivity index (χ2n) is 2.98. The maximum atomic E-state index is 11.1. The number of Topliss-reactive ketones (excluding diaryl/α,β-unsaturated/α-hetero) is 1. The number of benzene rings is 1. The third-order valence-corrected chi connectivity index (χ3v) is 1.82. The molecule has 0 aliphatic carbocycles. The summed E-state index contributed by atoms with van der Waals surface area (Å²) in [6.45, 7) is 1.20. The molecule has 2 N–H and O–H groups in total. The van der Waals surface area contributed by atoms with Crippen molar-refractivity contribution in [3.8, 4) is 0 Å². The van der Waals surface area contributed by atoms with Gasteiger partial charge in [-0.1, -0.05) is 0 Å². The largest absolute Gasteiger partial charge is 0.465 e. The van der Waals surface area contributed by atoms with Gasteiger partial charge in [0, 0.05) is 6.07 Å². The van der Waals surface area contributed by atoms with Crippen LogP contribution in [0, 0.1) is 10.1 Å². The summed E-state index contributed by atoms with van der Waals surface area (Å²) in [4.78, 5) is 31.3. The molecule has 7 heteroatoms. The number of hydrogen-bond donors (Lipinski definition) is 2. The van der Waals surface area contributed by atoms with E-state index in [2.05, 4.69) is 0 Å². The highest BCUT2D eigenvalue weighted by Gasteiger charge is 2.18. The van der Waals surface area contributed by atoms with Gasteiger partial charge in [-0.2, -0.15) is 0 Å². The third-order valence-electron chi connectivity index (χ3n) is 1.82. The van der Waals surface area contributed by atoms with Crippen LogP contribution >= 0.6 is 0 Å². The first-order valence-corrected chi connectivity index (χ1v) is 4.21. The number of nitrogens with zero attached hydrogens (tertiary/aromatic N) is 1. The Labute approximate surface area is 89.8 Å². The third kappa shape index (κ3) is 2.53. The maximum Gasteiger partial charge on any atom is 0.409 e. The quantitative estimate of drug-likeness (QED) is 0.462. The highest BCUT2D eigenvalue weighted by Crippen LogP contribution is 2.23.